The molecule has 3 aliphatic heterocycles. The van der Waals surface area contributed by atoms with E-state index in [1.54, 1.807) is 33.1 Å². The van der Waals surface area contributed by atoms with E-state index in [9.17, 15) is 28.8 Å². The molecule has 3 atom stereocenters. The summed E-state index contributed by atoms with van der Waals surface area (Å²) in [6.45, 7) is 9.44. The summed E-state index contributed by atoms with van der Waals surface area (Å²) in [5, 5.41) is 6.49. The number of carbonyl (C=O) groups is 6. The molecular formula is C25H33BN8O9S2. The second kappa shape index (κ2) is 12.5. The molecule has 3 aliphatic rings. The molecule has 1 aromatic heterocycles. The molecule has 17 nitrogen and oxygen atoms in total. The normalized spacial score (nSPS) is 23.4. The second-order valence-corrected chi connectivity index (χ2v) is 14.3. The quantitative estimate of drug-likeness (QED) is 0.0570. The van der Waals surface area contributed by atoms with Crippen LogP contribution in [-0.2, 0) is 33.4 Å². The lowest BCUT2D eigenvalue weighted by atomic mass is 9.90. The van der Waals surface area contributed by atoms with Gasteiger partial charge in [-0.1, -0.05) is 16.9 Å². The minimum Gasteiger partial charge on any atom is -0.541 e. The Kier molecular flexibility index (Phi) is 9.42. The van der Waals surface area contributed by atoms with Crippen molar-refractivity contribution in [1.29, 1.82) is 0 Å². The number of fused-ring (bicyclic) bond motifs is 1. The monoisotopic (exact) mass is 664 g/mol. The summed E-state index contributed by atoms with van der Waals surface area (Å²) < 4.78 is 9.94. The van der Waals surface area contributed by atoms with Gasteiger partial charge >= 0.3 is 32.0 Å². The summed E-state index contributed by atoms with van der Waals surface area (Å²) in [4.78, 5) is 88.1. The van der Waals surface area contributed by atoms with Crippen LogP contribution in [-0.4, -0.2) is 110 Å². The van der Waals surface area contributed by atoms with E-state index in [4.69, 9.17) is 23.5 Å². The molecule has 1 aromatic rings. The van der Waals surface area contributed by atoms with Crippen molar-refractivity contribution >= 4 is 72.6 Å². The lowest BCUT2D eigenvalue weighted by Crippen LogP contribution is -2.60. The van der Waals surface area contributed by atoms with Crippen LogP contribution in [0.2, 0.25) is 0 Å². The number of thiazole rings is 1. The van der Waals surface area contributed by atoms with E-state index in [0.717, 1.165) is 21.7 Å². The van der Waals surface area contributed by atoms with Crippen LogP contribution in [0.5, 0.6) is 0 Å². The zero-order chi connectivity index (χ0) is 33.5. The summed E-state index contributed by atoms with van der Waals surface area (Å²) in [7, 11) is 5.24. The van der Waals surface area contributed by atoms with Crippen LogP contribution in [0.25, 0.3) is 0 Å². The topological polar surface area (TPSA) is 215 Å². The van der Waals surface area contributed by atoms with E-state index < -0.39 is 63.1 Å². The first-order valence-electron chi connectivity index (χ1n) is 13.6. The van der Waals surface area contributed by atoms with Crippen LogP contribution in [0.15, 0.2) is 10.5 Å². The Morgan fingerprint density at radius 1 is 1.20 bits per heavy atom. The highest BCUT2D eigenvalue weighted by molar-refractivity contribution is 8.02. The first-order valence-corrected chi connectivity index (χ1v) is 15.4. The van der Waals surface area contributed by atoms with Gasteiger partial charge in [-0.3, -0.25) is 24.7 Å². The van der Waals surface area contributed by atoms with Gasteiger partial charge < -0.3 is 19.1 Å². The maximum Gasteiger partial charge on any atom is 0.378 e. The lowest BCUT2D eigenvalue weighted by molar-refractivity contribution is -0.179. The van der Waals surface area contributed by atoms with Gasteiger partial charge in [0.1, 0.15) is 11.3 Å². The summed E-state index contributed by atoms with van der Waals surface area (Å²) in [5.74, 6) is 1.43. The zero-order valence-corrected chi connectivity index (χ0v) is 27.1. The average Bonchev–Trinajstić information content (AvgIpc) is 3.66. The smallest absolute Gasteiger partial charge is 0.378 e. The number of thioether (sulfide) groups is 1. The molecule has 0 aromatic carbocycles. The number of hydrogen-bond acceptors (Lipinski definition) is 14. The number of urea groups is 2. The van der Waals surface area contributed by atoms with Gasteiger partial charge in [-0.2, -0.15) is 0 Å². The molecule has 0 aliphatic carbocycles. The number of amides is 5. The number of nitrogens with zero attached hydrogens (tertiary/aromatic N) is 5. The number of esters is 1. The predicted octanol–water partition coefficient (Wildman–Crippen LogP) is -0.0685. The standard InChI is InChI=1S/C25H33BN8O9S2/c1-12-28-14(10-44-12)16(31-43-24(5,6)19(37)41-23(2,3)4)15(35)9-13-17(36)32-11-25(20(38)42-26,45-18(13)32)33-7-8-34(22(33)40)30-21(39)29-27/h10,13,18H,7-9,11,27H2,1-6H3,(H2,29,30,39)/b31-16-/t13?,18-,25-/m1/s1. The minimum absolute atomic E-state index is 0.000528. The van der Waals surface area contributed by atoms with Gasteiger partial charge in [-0.15, -0.1) is 11.3 Å². The number of hydrazine groups is 2. The van der Waals surface area contributed by atoms with Crippen LogP contribution in [0.3, 0.4) is 0 Å². The fourth-order valence-corrected chi connectivity index (χ4v) is 7.10. The van der Waals surface area contributed by atoms with Gasteiger partial charge in [0, 0.05) is 18.3 Å². The van der Waals surface area contributed by atoms with Crippen molar-refractivity contribution in [2.75, 3.05) is 19.6 Å². The molecule has 0 saturated carbocycles. The van der Waals surface area contributed by atoms with Crippen LogP contribution in [0, 0.1) is 12.8 Å². The molecular weight excluding hydrogens is 631 g/mol. The second-order valence-electron chi connectivity index (χ2n) is 11.9. The molecule has 4 heterocycles. The largest absolute Gasteiger partial charge is 0.541 e. The van der Waals surface area contributed by atoms with Gasteiger partial charge in [0.05, 0.1) is 29.4 Å². The Hall–Kier alpha value is -3.91. The van der Waals surface area contributed by atoms with Crippen molar-refractivity contribution in [2.24, 2.45) is 16.9 Å². The first kappa shape index (κ1) is 34.0. The first-order chi connectivity index (χ1) is 20.9. The minimum atomic E-state index is -1.75. The number of nitrogens with two attached hydrogens (primary N) is 1. The van der Waals surface area contributed by atoms with Crippen molar-refractivity contribution < 1.29 is 43.0 Å². The Balaban J connectivity index is 1.54. The molecule has 0 bridgehead atoms. The lowest BCUT2D eigenvalue weighted by Gasteiger charge is -2.40. The third kappa shape index (κ3) is 6.71. The number of ketones is 1. The molecule has 3 saturated heterocycles. The maximum atomic E-state index is 13.7. The number of hydrogen-bond donors (Lipinski definition) is 3. The summed E-state index contributed by atoms with van der Waals surface area (Å²) in [6, 6.07) is -1.61. The number of oxime groups is 1. The molecule has 242 valence electrons. The molecule has 0 spiro atoms. The number of nitrogens with one attached hydrogen (secondary N) is 2. The molecule has 3 fully saturated rings. The van der Waals surface area contributed by atoms with E-state index in [1.807, 2.05) is 5.43 Å². The summed E-state index contributed by atoms with van der Waals surface area (Å²) in [6.07, 6.45) is -0.343. The van der Waals surface area contributed by atoms with Gasteiger partial charge in [0.2, 0.25) is 16.4 Å². The number of aromatic nitrogens is 1. The van der Waals surface area contributed by atoms with Crippen molar-refractivity contribution in [1.82, 2.24) is 30.6 Å². The number of ether oxygens (including phenoxy) is 1. The molecule has 4 N–H and O–H groups in total. The fraction of sp³-hybridized carbons (Fsp3) is 0.600. The average molecular weight is 665 g/mol. The Morgan fingerprint density at radius 2 is 1.89 bits per heavy atom. The summed E-state index contributed by atoms with van der Waals surface area (Å²) >= 11 is 2.20. The maximum absolute atomic E-state index is 13.7. The molecule has 45 heavy (non-hydrogen) atoms. The number of Topliss-reactive ketones (excluding diaryl/α,β-unsaturated/α-hetero) is 1. The van der Waals surface area contributed by atoms with Gasteiger partial charge in [-0.25, -0.2) is 35.6 Å². The third-order valence-electron chi connectivity index (χ3n) is 6.98. The van der Waals surface area contributed by atoms with Crippen molar-refractivity contribution in [3.05, 3.63) is 16.1 Å². The highest BCUT2D eigenvalue weighted by atomic mass is 32.2. The van der Waals surface area contributed by atoms with Crippen molar-refractivity contribution in [3.8, 4) is 0 Å². The summed E-state index contributed by atoms with van der Waals surface area (Å²) in [5.41, 5.74) is 1.73. The fourth-order valence-electron chi connectivity index (χ4n) is 4.77. The number of β-lactam (4-membered cyclic amide) rings is 1. The SMILES string of the molecule is [B]OC(=O)[C@@]1(N2CCN(NC(=O)NN)C2=O)CN2C(=O)C(CC(=O)/C(=N\OC(C)(C)C(=O)OC(C)(C)C)c3csc(C)n3)[C@H]2S1. The Labute approximate surface area is 267 Å². The Bertz CT molecular complexity index is 1450. The van der Waals surface area contributed by atoms with Crippen LogP contribution in [0.4, 0.5) is 9.59 Å². The van der Waals surface area contributed by atoms with E-state index in [1.165, 1.54) is 30.1 Å². The van der Waals surface area contributed by atoms with Gasteiger partial charge in [-0.05, 0) is 41.5 Å². The molecule has 1 unspecified atom stereocenters. The van der Waals surface area contributed by atoms with E-state index >= 15 is 0 Å². The zero-order valence-electron chi connectivity index (χ0n) is 25.4. The Morgan fingerprint density at radius 3 is 2.47 bits per heavy atom. The van der Waals surface area contributed by atoms with E-state index in [0.29, 0.717) is 5.01 Å². The third-order valence-corrected chi connectivity index (χ3v) is 9.48. The molecule has 5 amide bonds. The number of carbonyl (C=O) groups excluding carboxylic acids is 6. The number of aryl methyl sites for hydroxylation is 1. The van der Waals surface area contributed by atoms with Crippen molar-refractivity contribution in [2.45, 2.75) is 69.4 Å². The molecule has 2 radical (unpaired) electrons. The highest BCUT2D eigenvalue weighted by Gasteiger charge is 2.66. The van der Waals surface area contributed by atoms with E-state index in [-0.39, 0.29) is 37.5 Å². The van der Waals surface area contributed by atoms with Gasteiger partial charge in [0.15, 0.2) is 11.5 Å². The van der Waals surface area contributed by atoms with Gasteiger partial charge in [0.25, 0.3) is 0 Å². The van der Waals surface area contributed by atoms with Crippen LogP contribution < -0.4 is 16.7 Å². The van der Waals surface area contributed by atoms with Crippen LogP contribution >= 0.6 is 23.1 Å². The molecule has 20 heteroatoms. The molecule has 4 rings (SSSR count). The van der Waals surface area contributed by atoms with Crippen LogP contribution in [0.1, 0.15) is 51.7 Å². The predicted molar refractivity (Wildman–Crippen MR) is 160 cm³/mol. The number of rotatable bonds is 10. The van der Waals surface area contributed by atoms with E-state index in [2.05, 4.69) is 20.2 Å². The van der Waals surface area contributed by atoms with Crippen molar-refractivity contribution in [3.63, 3.8) is 0 Å². The highest BCUT2D eigenvalue weighted by Crippen LogP contribution is 2.53.